The second-order valence-electron chi connectivity index (χ2n) is 6.38. The topological polar surface area (TPSA) is 185 Å². The summed E-state index contributed by atoms with van der Waals surface area (Å²) in [6.45, 7) is 0. The zero-order valence-corrected chi connectivity index (χ0v) is 17.5. The quantitative estimate of drug-likeness (QED) is 0.135. The van der Waals surface area contributed by atoms with Gasteiger partial charge >= 0.3 is 0 Å². The number of benzene rings is 1. The average Bonchev–Trinajstić information content (AvgIpc) is 2.64. The van der Waals surface area contributed by atoms with Gasteiger partial charge in [0, 0.05) is 17.8 Å². The SMILES string of the molecule is N=C(NC1CCC(NS(N)(=O)=O)CC1)C(=N\O)/C(=N/O)Nc1ccc(F)c(Br)c1. The lowest BCUT2D eigenvalue weighted by Gasteiger charge is -2.29. The lowest BCUT2D eigenvalue weighted by Crippen LogP contribution is -2.48. The molecule has 29 heavy (non-hydrogen) atoms. The number of rotatable bonds is 6. The second kappa shape index (κ2) is 9.96. The van der Waals surface area contributed by atoms with Gasteiger partial charge in [-0.15, -0.1) is 0 Å². The Balaban J connectivity index is 1.98. The molecule has 1 aromatic rings. The van der Waals surface area contributed by atoms with Crippen molar-refractivity contribution >= 4 is 49.2 Å². The molecule has 1 saturated carbocycles. The van der Waals surface area contributed by atoms with Gasteiger partial charge in [-0.3, -0.25) is 5.41 Å². The zero-order chi connectivity index (χ0) is 21.6. The molecule has 14 heteroatoms. The number of halogens is 2. The standard InChI is InChI=1S/C15H21BrFN7O4S/c16-11-7-10(5-6-12(11)17)21-15(23-26)13(22-25)14(18)20-8-1-3-9(4-2-8)24-29(19,27)28/h5-9,24-26H,1-4H2,(H2,18,20)(H,21,23)(H2,19,27,28)/b22-13+. The molecule has 0 radical (unpaired) electrons. The minimum atomic E-state index is -3.78. The van der Waals surface area contributed by atoms with E-state index in [0.29, 0.717) is 31.4 Å². The van der Waals surface area contributed by atoms with E-state index < -0.39 is 16.0 Å². The Bertz CT molecular complexity index is 917. The smallest absolute Gasteiger partial charge is 0.274 e. The van der Waals surface area contributed by atoms with Crippen LogP contribution in [0.4, 0.5) is 10.1 Å². The summed E-state index contributed by atoms with van der Waals surface area (Å²) in [5.74, 6) is -1.12. The number of oxime groups is 2. The van der Waals surface area contributed by atoms with Crippen LogP contribution >= 0.6 is 15.9 Å². The van der Waals surface area contributed by atoms with Crippen LogP contribution in [0, 0.1) is 11.2 Å². The molecule has 1 fully saturated rings. The van der Waals surface area contributed by atoms with E-state index in [4.69, 9.17) is 10.5 Å². The minimum Gasteiger partial charge on any atom is -0.410 e. The third-order valence-corrected chi connectivity index (χ3v) is 5.52. The van der Waals surface area contributed by atoms with Crippen LogP contribution < -0.4 is 20.5 Å². The predicted molar refractivity (Wildman–Crippen MR) is 109 cm³/mol. The first-order valence-corrected chi connectivity index (χ1v) is 10.8. The molecule has 0 spiro atoms. The van der Waals surface area contributed by atoms with Crippen molar-refractivity contribution in [2.45, 2.75) is 37.8 Å². The predicted octanol–water partition coefficient (Wildman–Crippen LogP) is 1.29. The number of nitrogens with one attached hydrogen (secondary N) is 4. The molecular weight excluding hydrogens is 473 g/mol. The Morgan fingerprint density at radius 2 is 1.83 bits per heavy atom. The van der Waals surface area contributed by atoms with Gasteiger partial charge < -0.3 is 21.0 Å². The maximum absolute atomic E-state index is 13.3. The highest BCUT2D eigenvalue weighted by atomic mass is 79.9. The van der Waals surface area contributed by atoms with Crippen molar-refractivity contribution in [2.75, 3.05) is 5.32 Å². The maximum Gasteiger partial charge on any atom is 0.274 e. The Morgan fingerprint density at radius 3 is 2.34 bits per heavy atom. The molecule has 1 aliphatic rings. The number of hydrogen-bond acceptors (Lipinski definition) is 7. The minimum absolute atomic E-state index is 0.167. The van der Waals surface area contributed by atoms with E-state index in [1.54, 1.807) is 0 Å². The fraction of sp³-hybridized carbons (Fsp3) is 0.400. The van der Waals surface area contributed by atoms with E-state index in [1.165, 1.54) is 18.2 Å². The number of nitrogens with zero attached hydrogens (tertiary/aromatic N) is 2. The molecule has 0 heterocycles. The van der Waals surface area contributed by atoms with E-state index in [9.17, 15) is 23.2 Å². The molecule has 0 bridgehead atoms. The third-order valence-electron chi connectivity index (χ3n) is 4.25. The first-order valence-electron chi connectivity index (χ1n) is 8.45. The molecule has 11 nitrogen and oxygen atoms in total. The normalized spacial score (nSPS) is 20.9. The first kappa shape index (κ1) is 23.0. The number of hydrogen-bond donors (Lipinski definition) is 7. The summed E-state index contributed by atoms with van der Waals surface area (Å²) in [6.07, 6.45) is 2.10. The van der Waals surface area contributed by atoms with Gasteiger partial charge in [0.1, 0.15) is 5.82 Å². The molecule has 0 aromatic heterocycles. The van der Waals surface area contributed by atoms with Crippen molar-refractivity contribution in [1.82, 2.24) is 10.0 Å². The van der Waals surface area contributed by atoms with Crippen LogP contribution in [0.1, 0.15) is 25.7 Å². The van der Waals surface area contributed by atoms with Gasteiger partial charge in [0.15, 0.2) is 11.5 Å². The Labute approximate surface area is 175 Å². The zero-order valence-electron chi connectivity index (χ0n) is 15.1. The molecule has 0 atom stereocenters. The van der Waals surface area contributed by atoms with E-state index in [2.05, 4.69) is 41.6 Å². The second-order valence-corrected chi connectivity index (χ2v) is 8.56. The molecule has 2 rings (SSSR count). The number of amidine groups is 2. The third kappa shape index (κ3) is 6.92. The van der Waals surface area contributed by atoms with Gasteiger partial charge in [0.2, 0.25) is 5.84 Å². The molecule has 0 aliphatic heterocycles. The molecule has 0 unspecified atom stereocenters. The fourth-order valence-corrected chi connectivity index (χ4v) is 4.00. The lowest BCUT2D eigenvalue weighted by atomic mass is 9.91. The van der Waals surface area contributed by atoms with Gasteiger partial charge in [-0.05, 0) is 59.8 Å². The number of nitrogens with two attached hydrogens (primary N) is 1. The molecule has 160 valence electrons. The van der Waals surface area contributed by atoms with E-state index in [-0.39, 0.29) is 33.9 Å². The number of anilines is 1. The fourth-order valence-electron chi connectivity index (χ4n) is 2.92. The average molecular weight is 494 g/mol. The van der Waals surface area contributed by atoms with Crippen molar-refractivity contribution in [3.05, 3.63) is 28.5 Å². The van der Waals surface area contributed by atoms with E-state index in [1.807, 2.05) is 0 Å². The molecule has 0 saturated heterocycles. The van der Waals surface area contributed by atoms with Crippen LogP contribution in [0.3, 0.4) is 0 Å². The van der Waals surface area contributed by atoms with Crippen LogP contribution in [0.5, 0.6) is 0 Å². The summed E-state index contributed by atoms with van der Waals surface area (Å²) < 4.78 is 38.0. The van der Waals surface area contributed by atoms with Gasteiger partial charge in [-0.25, -0.2) is 9.53 Å². The van der Waals surface area contributed by atoms with Crippen molar-refractivity contribution < 1.29 is 23.2 Å². The van der Waals surface area contributed by atoms with Gasteiger partial charge in [-0.2, -0.15) is 13.1 Å². The summed E-state index contributed by atoms with van der Waals surface area (Å²) in [4.78, 5) is 0. The van der Waals surface area contributed by atoms with Crippen LogP contribution in [0.15, 0.2) is 33.0 Å². The van der Waals surface area contributed by atoms with Crippen LogP contribution in [0.25, 0.3) is 0 Å². The largest absolute Gasteiger partial charge is 0.410 e. The summed E-state index contributed by atoms with van der Waals surface area (Å²) in [6, 6.07) is 3.46. The van der Waals surface area contributed by atoms with Crippen molar-refractivity contribution in [3.8, 4) is 0 Å². The van der Waals surface area contributed by atoms with E-state index >= 15 is 0 Å². The molecule has 1 aliphatic carbocycles. The molecule has 8 N–H and O–H groups in total. The Hall–Kier alpha value is -2.29. The van der Waals surface area contributed by atoms with Crippen molar-refractivity contribution in [1.29, 1.82) is 5.41 Å². The van der Waals surface area contributed by atoms with Crippen LogP contribution in [0.2, 0.25) is 0 Å². The highest BCUT2D eigenvalue weighted by Crippen LogP contribution is 2.21. The van der Waals surface area contributed by atoms with Crippen molar-refractivity contribution in [2.24, 2.45) is 15.5 Å². The summed E-state index contributed by atoms with van der Waals surface area (Å²) in [5.41, 5.74) is -0.0349. The van der Waals surface area contributed by atoms with Crippen LogP contribution in [-0.2, 0) is 10.2 Å². The maximum atomic E-state index is 13.3. The van der Waals surface area contributed by atoms with Crippen LogP contribution in [-0.4, -0.2) is 48.3 Å². The summed E-state index contributed by atoms with van der Waals surface area (Å²) in [5, 5.41) is 43.1. The van der Waals surface area contributed by atoms with Gasteiger partial charge in [0.05, 0.1) is 4.47 Å². The highest BCUT2D eigenvalue weighted by molar-refractivity contribution is 9.10. The summed E-state index contributed by atoms with van der Waals surface area (Å²) >= 11 is 3.03. The monoisotopic (exact) mass is 493 g/mol. The van der Waals surface area contributed by atoms with Crippen molar-refractivity contribution in [3.63, 3.8) is 0 Å². The molecular formula is C15H21BrFN7O4S. The Kier molecular flexibility index (Phi) is 7.89. The van der Waals surface area contributed by atoms with Gasteiger partial charge in [-0.1, -0.05) is 10.3 Å². The van der Waals surface area contributed by atoms with Gasteiger partial charge in [0.25, 0.3) is 10.2 Å². The molecule has 0 amide bonds. The highest BCUT2D eigenvalue weighted by Gasteiger charge is 2.26. The lowest BCUT2D eigenvalue weighted by molar-refractivity contribution is 0.314. The summed E-state index contributed by atoms with van der Waals surface area (Å²) in [7, 11) is -3.78. The Morgan fingerprint density at radius 1 is 1.21 bits per heavy atom. The first-order chi connectivity index (χ1) is 13.6. The molecule has 1 aromatic carbocycles. The van der Waals surface area contributed by atoms with E-state index in [0.717, 1.165) is 0 Å².